The van der Waals surface area contributed by atoms with E-state index in [0.29, 0.717) is 12.1 Å². The van der Waals surface area contributed by atoms with Crippen LogP contribution in [0.4, 0.5) is 4.39 Å². The van der Waals surface area contributed by atoms with Gasteiger partial charge in [0.05, 0.1) is 0 Å². The van der Waals surface area contributed by atoms with Crippen LogP contribution in [-0.4, -0.2) is 11.7 Å². The zero-order valence-electron chi connectivity index (χ0n) is 7.84. The first kappa shape index (κ1) is 9.99. The van der Waals surface area contributed by atoms with Crippen molar-refractivity contribution in [3.05, 3.63) is 29.1 Å². The summed E-state index contributed by atoms with van der Waals surface area (Å²) in [6.07, 6.45) is 0. The molecule has 0 aliphatic carbocycles. The standard InChI is InChI=1S/C10H14FNO/c1-6-3-4-8(11)10(13)9(6)7(2)5-12/h3-4,7,13H,5,12H2,1-2H3. The van der Waals surface area contributed by atoms with Crippen molar-refractivity contribution in [2.75, 3.05) is 6.54 Å². The van der Waals surface area contributed by atoms with Gasteiger partial charge in [-0.3, -0.25) is 0 Å². The van der Waals surface area contributed by atoms with Crippen LogP contribution in [0, 0.1) is 12.7 Å². The highest BCUT2D eigenvalue weighted by molar-refractivity contribution is 5.42. The van der Waals surface area contributed by atoms with Gasteiger partial charge in [-0.1, -0.05) is 13.0 Å². The fraction of sp³-hybridized carbons (Fsp3) is 0.400. The quantitative estimate of drug-likeness (QED) is 0.735. The molecule has 1 aromatic rings. The van der Waals surface area contributed by atoms with Gasteiger partial charge in [0.15, 0.2) is 11.6 Å². The summed E-state index contributed by atoms with van der Waals surface area (Å²) >= 11 is 0. The second kappa shape index (κ2) is 3.75. The van der Waals surface area contributed by atoms with Crippen LogP contribution in [0.3, 0.4) is 0 Å². The monoisotopic (exact) mass is 183 g/mol. The lowest BCUT2D eigenvalue weighted by atomic mass is 9.95. The van der Waals surface area contributed by atoms with E-state index in [2.05, 4.69) is 0 Å². The topological polar surface area (TPSA) is 46.2 Å². The largest absolute Gasteiger partial charge is 0.505 e. The normalized spacial score (nSPS) is 12.9. The highest BCUT2D eigenvalue weighted by Gasteiger charge is 2.14. The maximum atomic E-state index is 13.0. The van der Waals surface area contributed by atoms with E-state index in [4.69, 9.17) is 5.73 Å². The molecule has 0 bridgehead atoms. The van der Waals surface area contributed by atoms with Crippen molar-refractivity contribution in [2.24, 2.45) is 5.73 Å². The Hall–Kier alpha value is -1.09. The van der Waals surface area contributed by atoms with Gasteiger partial charge in [0.2, 0.25) is 0 Å². The van der Waals surface area contributed by atoms with Gasteiger partial charge >= 0.3 is 0 Å². The van der Waals surface area contributed by atoms with E-state index in [0.717, 1.165) is 5.56 Å². The van der Waals surface area contributed by atoms with Gasteiger partial charge in [-0.15, -0.1) is 0 Å². The van der Waals surface area contributed by atoms with E-state index in [9.17, 15) is 9.50 Å². The highest BCUT2D eigenvalue weighted by atomic mass is 19.1. The number of aryl methyl sites for hydroxylation is 1. The van der Waals surface area contributed by atoms with Gasteiger partial charge < -0.3 is 10.8 Å². The SMILES string of the molecule is Cc1ccc(F)c(O)c1C(C)CN. The number of hydrogen-bond donors (Lipinski definition) is 2. The Balaban J connectivity index is 3.25. The fourth-order valence-corrected chi connectivity index (χ4v) is 1.42. The van der Waals surface area contributed by atoms with E-state index in [1.165, 1.54) is 6.07 Å². The average Bonchev–Trinajstić information content (AvgIpc) is 2.12. The lowest BCUT2D eigenvalue weighted by Gasteiger charge is -2.14. The molecule has 0 saturated heterocycles. The van der Waals surface area contributed by atoms with Crippen molar-refractivity contribution in [2.45, 2.75) is 19.8 Å². The molecule has 1 atom stereocenters. The first-order chi connectivity index (χ1) is 6.07. The Morgan fingerprint density at radius 3 is 2.69 bits per heavy atom. The van der Waals surface area contributed by atoms with Crippen LogP contribution >= 0.6 is 0 Å². The predicted molar refractivity (Wildman–Crippen MR) is 50.3 cm³/mol. The molecular weight excluding hydrogens is 169 g/mol. The molecule has 0 radical (unpaired) electrons. The number of halogens is 1. The molecule has 0 fully saturated rings. The third kappa shape index (κ3) is 1.80. The molecule has 2 nitrogen and oxygen atoms in total. The lowest BCUT2D eigenvalue weighted by Crippen LogP contribution is -2.10. The van der Waals surface area contributed by atoms with Gasteiger partial charge in [-0.05, 0) is 31.0 Å². The van der Waals surface area contributed by atoms with Crippen molar-refractivity contribution in [3.8, 4) is 5.75 Å². The van der Waals surface area contributed by atoms with Crippen LogP contribution in [0.15, 0.2) is 12.1 Å². The summed E-state index contributed by atoms with van der Waals surface area (Å²) in [5, 5.41) is 9.45. The van der Waals surface area contributed by atoms with Crippen LogP contribution in [0.2, 0.25) is 0 Å². The fourth-order valence-electron chi connectivity index (χ4n) is 1.42. The van der Waals surface area contributed by atoms with Crippen molar-refractivity contribution >= 4 is 0 Å². The molecule has 0 heterocycles. The maximum absolute atomic E-state index is 13.0. The zero-order valence-corrected chi connectivity index (χ0v) is 7.84. The van der Waals surface area contributed by atoms with E-state index in [1.807, 2.05) is 13.8 Å². The summed E-state index contributed by atoms with van der Waals surface area (Å²) in [4.78, 5) is 0. The molecule has 0 spiro atoms. The first-order valence-corrected chi connectivity index (χ1v) is 4.26. The second-order valence-corrected chi connectivity index (χ2v) is 3.26. The number of rotatable bonds is 2. The number of phenolic OH excluding ortho intramolecular Hbond substituents is 1. The third-order valence-electron chi connectivity index (χ3n) is 2.23. The molecule has 3 heteroatoms. The van der Waals surface area contributed by atoms with Gasteiger partial charge in [-0.2, -0.15) is 0 Å². The number of aromatic hydroxyl groups is 1. The van der Waals surface area contributed by atoms with Crippen LogP contribution in [0.25, 0.3) is 0 Å². The van der Waals surface area contributed by atoms with Crippen LogP contribution < -0.4 is 5.73 Å². The van der Waals surface area contributed by atoms with E-state index < -0.39 is 5.82 Å². The number of nitrogens with two attached hydrogens (primary N) is 1. The van der Waals surface area contributed by atoms with Crippen LogP contribution in [0.1, 0.15) is 24.0 Å². The molecule has 0 aromatic heterocycles. The Kier molecular flexibility index (Phi) is 2.88. The maximum Gasteiger partial charge on any atom is 0.165 e. The third-order valence-corrected chi connectivity index (χ3v) is 2.23. The van der Waals surface area contributed by atoms with Crippen molar-refractivity contribution in [3.63, 3.8) is 0 Å². The van der Waals surface area contributed by atoms with E-state index >= 15 is 0 Å². The first-order valence-electron chi connectivity index (χ1n) is 4.26. The van der Waals surface area contributed by atoms with E-state index in [-0.39, 0.29) is 11.7 Å². The summed E-state index contributed by atoms with van der Waals surface area (Å²) in [6.45, 7) is 4.10. The Morgan fingerprint density at radius 2 is 2.15 bits per heavy atom. The molecule has 3 N–H and O–H groups in total. The molecule has 0 saturated carbocycles. The van der Waals surface area contributed by atoms with Crippen molar-refractivity contribution < 1.29 is 9.50 Å². The highest BCUT2D eigenvalue weighted by Crippen LogP contribution is 2.30. The minimum absolute atomic E-state index is 0.0179. The zero-order chi connectivity index (χ0) is 10.0. The van der Waals surface area contributed by atoms with Crippen LogP contribution in [0.5, 0.6) is 5.75 Å². The minimum atomic E-state index is -0.582. The molecule has 0 aliphatic rings. The second-order valence-electron chi connectivity index (χ2n) is 3.26. The number of hydrogen-bond acceptors (Lipinski definition) is 2. The molecule has 13 heavy (non-hydrogen) atoms. The van der Waals surface area contributed by atoms with Gasteiger partial charge in [0, 0.05) is 5.56 Å². The predicted octanol–water partition coefficient (Wildman–Crippen LogP) is 1.90. The summed E-state index contributed by atoms with van der Waals surface area (Å²) < 4.78 is 13.0. The summed E-state index contributed by atoms with van der Waals surface area (Å²) in [7, 11) is 0. The molecule has 0 aliphatic heterocycles. The average molecular weight is 183 g/mol. The summed E-state index contributed by atoms with van der Waals surface area (Å²) in [5.41, 5.74) is 6.94. The summed E-state index contributed by atoms with van der Waals surface area (Å²) in [6, 6.07) is 2.91. The van der Waals surface area contributed by atoms with Crippen molar-refractivity contribution in [1.29, 1.82) is 0 Å². The smallest absolute Gasteiger partial charge is 0.165 e. The van der Waals surface area contributed by atoms with Crippen LogP contribution in [-0.2, 0) is 0 Å². The van der Waals surface area contributed by atoms with E-state index in [1.54, 1.807) is 6.07 Å². The Bertz CT molecular complexity index is 312. The molecule has 1 unspecified atom stereocenters. The Morgan fingerprint density at radius 1 is 1.54 bits per heavy atom. The molecule has 1 rings (SSSR count). The molecule has 72 valence electrons. The minimum Gasteiger partial charge on any atom is -0.505 e. The Labute approximate surface area is 77.2 Å². The van der Waals surface area contributed by atoms with Crippen molar-refractivity contribution in [1.82, 2.24) is 0 Å². The number of benzene rings is 1. The summed E-state index contributed by atoms with van der Waals surface area (Å²) in [5.74, 6) is -0.866. The number of phenols is 1. The molecule has 0 amide bonds. The van der Waals surface area contributed by atoms with Gasteiger partial charge in [0.1, 0.15) is 0 Å². The van der Waals surface area contributed by atoms with Gasteiger partial charge in [0.25, 0.3) is 0 Å². The lowest BCUT2D eigenvalue weighted by molar-refractivity contribution is 0.421. The molecule has 1 aromatic carbocycles. The molecular formula is C10H14FNO. The van der Waals surface area contributed by atoms with Gasteiger partial charge in [-0.25, -0.2) is 4.39 Å².